The zero-order chi connectivity index (χ0) is 14.0. The molecule has 0 spiro atoms. The number of Topliss-reactive ketones (excluding diaryl/α,β-unsaturated/α-hetero) is 1. The number of hydrogen-bond acceptors (Lipinski definition) is 2. The average Bonchev–Trinajstić information content (AvgIpc) is 3.30. The molecule has 1 fully saturated rings. The predicted molar refractivity (Wildman–Crippen MR) is 79.3 cm³/mol. The molecule has 3 rings (SSSR count). The second-order valence-electron chi connectivity index (χ2n) is 5.23. The first-order valence-electron chi connectivity index (χ1n) is 7.09. The summed E-state index contributed by atoms with van der Waals surface area (Å²) in [7, 11) is 0. The Kier molecular flexibility index (Phi) is 3.31. The predicted octanol–water partition coefficient (Wildman–Crippen LogP) is 4.00. The monoisotopic (exact) mass is 266 g/mol. The molecule has 0 radical (unpaired) electrons. The van der Waals surface area contributed by atoms with E-state index < -0.39 is 0 Å². The third-order valence-corrected chi connectivity index (χ3v) is 3.94. The van der Waals surface area contributed by atoms with Crippen LogP contribution < -0.4 is 4.74 Å². The third-order valence-electron chi connectivity index (χ3n) is 3.94. The van der Waals surface area contributed by atoms with Gasteiger partial charge in [-0.2, -0.15) is 0 Å². The van der Waals surface area contributed by atoms with Gasteiger partial charge in [0.05, 0.1) is 12.0 Å². The molecule has 20 heavy (non-hydrogen) atoms. The summed E-state index contributed by atoms with van der Waals surface area (Å²) in [5, 5.41) is 0. The average molecular weight is 266 g/mol. The molecular weight excluding hydrogens is 248 g/mol. The van der Waals surface area contributed by atoms with E-state index in [1.807, 2.05) is 49.4 Å². The lowest BCUT2D eigenvalue weighted by Crippen LogP contribution is -2.20. The Labute approximate surface area is 119 Å². The maximum absolute atomic E-state index is 12.8. The summed E-state index contributed by atoms with van der Waals surface area (Å²) in [4.78, 5) is 12.8. The lowest BCUT2D eigenvalue weighted by Gasteiger charge is -2.14. The van der Waals surface area contributed by atoms with Gasteiger partial charge in [-0.3, -0.25) is 4.79 Å². The Bertz CT molecular complexity index is 595. The van der Waals surface area contributed by atoms with Gasteiger partial charge in [0, 0.05) is 5.56 Å². The molecule has 1 saturated carbocycles. The maximum Gasteiger partial charge on any atom is 0.173 e. The molecule has 0 aliphatic heterocycles. The van der Waals surface area contributed by atoms with E-state index in [1.165, 1.54) is 0 Å². The smallest absolute Gasteiger partial charge is 0.173 e. The topological polar surface area (TPSA) is 26.3 Å². The second-order valence-corrected chi connectivity index (χ2v) is 5.23. The number of rotatable bonds is 5. The van der Waals surface area contributed by atoms with Crippen molar-refractivity contribution in [3.8, 4) is 5.75 Å². The summed E-state index contributed by atoms with van der Waals surface area (Å²) in [6.45, 7) is 2.59. The van der Waals surface area contributed by atoms with Crippen LogP contribution >= 0.6 is 0 Å². The Morgan fingerprint density at radius 2 is 1.70 bits per heavy atom. The molecule has 0 N–H and O–H groups in total. The summed E-state index contributed by atoms with van der Waals surface area (Å²) < 4.78 is 5.42. The van der Waals surface area contributed by atoms with Crippen LogP contribution in [0, 0.1) is 0 Å². The van der Waals surface area contributed by atoms with Crippen molar-refractivity contribution in [3.05, 3.63) is 65.7 Å². The molecule has 2 nitrogen and oxygen atoms in total. The van der Waals surface area contributed by atoms with E-state index in [1.54, 1.807) is 0 Å². The summed E-state index contributed by atoms with van der Waals surface area (Å²) in [6, 6.07) is 17.6. The van der Waals surface area contributed by atoms with Crippen molar-refractivity contribution in [2.75, 3.05) is 6.61 Å². The zero-order valence-corrected chi connectivity index (χ0v) is 11.6. The molecule has 2 aromatic rings. The molecule has 0 aromatic heterocycles. The molecule has 0 heterocycles. The SMILES string of the molecule is CCOc1ccc(C(=O)C2(c3ccccc3)CC2)cc1. The van der Waals surface area contributed by atoms with E-state index in [2.05, 4.69) is 12.1 Å². The van der Waals surface area contributed by atoms with Gasteiger partial charge in [0.25, 0.3) is 0 Å². The van der Waals surface area contributed by atoms with Gasteiger partial charge in [-0.15, -0.1) is 0 Å². The fraction of sp³-hybridized carbons (Fsp3) is 0.278. The van der Waals surface area contributed by atoms with E-state index in [0.717, 1.165) is 29.7 Å². The van der Waals surface area contributed by atoms with Crippen LogP contribution in [0.25, 0.3) is 0 Å². The maximum atomic E-state index is 12.8. The standard InChI is InChI=1S/C18H18O2/c1-2-20-16-10-8-14(9-11-16)17(19)18(12-13-18)15-6-4-3-5-7-15/h3-11H,2,12-13H2,1H3. The van der Waals surface area contributed by atoms with Gasteiger partial charge in [0.2, 0.25) is 0 Å². The fourth-order valence-corrected chi connectivity index (χ4v) is 2.67. The van der Waals surface area contributed by atoms with Crippen LogP contribution in [0.3, 0.4) is 0 Å². The van der Waals surface area contributed by atoms with Crippen molar-refractivity contribution < 1.29 is 9.53 Å². The van der Waals surface area contributed by atoms with Crippen molar-refractivity contribution >= 4 is 5.78 Å². The van der Waals surface area contributed by atoms with Crippen LogP contribution in [0.2, 0.25) is 0 Å². The van der Waals surface area contributed by atoms with Gasteiger partial charge in [-0.05, 0) is 49.6 Å². The summed E-state index contributed by atoms with van der Waals surface area (Å²) >= 11 is 0. The van der Waals surface area contributed by atoms with E-state index in [-0.39, 0.29) is 11.2 Å². The van der Waals surface area contributed by atoms with Gasteiger partial charge in [0.1, 0.15) is 5.75 Å². The van der Waals surface area contributed by atoms with Crippen LogP contribution in [0.1, 0.15) is 35.7 Å². The lowest BCUT2D eigenvalue weighted by atomic mass is 9.87. The number of ketones is 1. The molecule has 102 valence electrons. The normalized spacial score (nSPS) is 15.7. The van der Waals surface area contributed by atoms with E-state index in [0.29, 0.717) is 6.61 Å². The van der Waals surface area contributed by atoms with E-state index in [9.17, 15) is 4.79 Å². The van der Waals surface area contributed by atoms with Crippen LogP contribution in [-0.2, 0) is 5.41 Å². The van der Waals surface area contributed by atoms with Gasteiger partial charge in [-0.1, -0.05) is 30.3 Å². The van der Waals surface area contributed by atoms with Gasteiger partial charge < -0.3 is 4.74 Å². The second kappa shape index (κ2) is 5.12. The highest BCUT2D eigenvalue weighted by Crippen LogP contribution is 2.50. The summed E-state index contributed by atoms with van der Waals surface area (Å²) in [5.74, 6) is 1.04. The third kappa shape index (κ3) is 2.22. The van der Waals surface area contributed by atoms with Crippen LogP contribution in [0.5, 0.6) is 5.75 Å². The Morgan fingerprint density at radius 3 is 2.25 bits per heavy atom. The van der Waals surface area contributed by atoms with Crippen molar-refractivity contribution in [2.24, 2.45) is 0 Å². The van der Waals surface area contributed by atoms with Crippen LogP contribution in [0.15, 0.2) is 54.6 Å². The molecule has 2 heteroatoms. The Morgan fingerprint density at radius 1 is 1.05 bits per heavy atom. The fourth-order valence-electron chi connectivity index (χ4n) is 2.67. The number of ether oxygens (including phenoxy) is 1. The first-order chi connectivity index (χ1) is 9.76. The van der Waals surface area contributed by atoms with E-state index >= 15 is 0 Å². The first-order valence-corrected chi connectivity index (χ1v) is 7.09. The molecule has 0 amide bonds. The molecule has 1 aliphatic rings. The van der Waals surface area contributed by atoms with Crippen LogP contribution in [-0.4, -0.2) is 12.4 Å². The molecular formula is C18H18O2. The minimum absolute atomic E-state index is 0.228. The largest absolute Gasteiger partial charge is 0.494 e. The van der Waals surface area contributed by atoms with Gasteiger partial charge >= 0.3 is 0 Å². The lowest BCUT2D eigenvalue weighted by molar-refractivity contribution is 0.0946. The minimum atomic E-state index is -0.283. The summed E-state index contributed by atoms with van der Waals surface area (Å²) in [6.07, 6.45) is 1.89. The first kappa shape index (κ1) is 12.9. The highest BCUT2D eigenvalue weighted by molar-refractivity contribution is 6.06. The molecule has 0 bridgehead atoms. The quantitative estimate of drug-likeness (QED) is 0.765. The molecule has 2 aromatic carbocycles. The molecule has 0 atom stereocenters. The number of carbonyl (C=O) groups is 1. The molecule has 1 aliphatic carbocycles. The number of hydrogen-bond donors (Lipinski definition) is 0. The molecule has 0 unspecified atom stereocenters. The van der Waals surface area contributed by atoms with E-state index in [4.69, 9.17) is 4.74 Å². The Hall–Kier alpha value is -2.09. The Balaban J connectivity index is 1.86. The van der Waals surface area contributed by atoms with Crippen molar-refractivity contribution in [3.63, 3.8) is 0 Å². The highest BCUT2D eigenvalue weighted by Gasteiger charge is 2.50. The van der Waals surface area contributed by atoms with Crippen molar-refractivity contribution in [2.45, 2.75) is 25.2 Å². The molecule has 0 saturated heterocycles. The number of carbonyl (C=O) groups excluding carboxylic acids is 1. The minimum Gasteiger partial charge on any atom is -0.494 e. The van der Waals surface area contributed by atoms with Crippen LogP contribution in [0.4, 0.5) is 0 Å². The zero-order valence-electron chi connectivity index (χ0n) is 11.6. The number of benzene rings is 2. The van der Waals surface area contributed by atoms with Crippen molar-refractivity contribution in [1.29, 1.82) is 0 Å². The van der Waals surface area contributed by atoms with Crippen molar-refractivity contribution in [1.82, 2.24) is 0 Å². The van der Waals surface area contributed by atoms with Gasteiger partial charge in [0.15, 0.2) is 5.78 Å². The van der Waals surface area contributed by atoms with Gasteiger partial charge in [-0.25, -0.2) is 0 Å². The highest BCUT2D eigenvalue weighted by atomic mass is 16.5. The summed E-state index contributed by atoms with van der Waals surface area (Å²) in [5.41, 5.74) is 1.63.